The van der Waals surface area contributed by atoms with Crippen molar-refractivity contribution in [3.8, 4) is 0 Å². The van der Waals surface area contributed by atoms with Gasteiger partial charge >= 0.3 is 5.97 Å². The zero-order valence-corrected chi connectivity index (χ0v) is 11.2. The van der Waals surface area contributed by atoms with Gasteiger partial charge in [-0.15, -0.1) is 0 Å². The summed E-state index contributed by atoms with van der Waals surface area (Å²) in [4.78, 5) is 10.8. The average molecular weight is 276 g/mol. The van der Waals surface area contributed by atoms with Crippen molar-refractivity contribution in [2.24, 2.45) is 5.92 Å². The molecule has 2 aliphatic rings. The maximum Gasteiger partial charge on any atom is 0.306 e. The van der Waals surface area contributed by atoms with Crippen molar-refractivity contribution in [3.63, 3.8) is 0 Å². The van der Waals surface area contributed by atoms with Crippen LogP contribution < -0.4 is 4.72 Å². The van der Waals surface area contributed by atoms with E-state index in [-0.39, 0.29) is 12.0 Å². The molecule has 0 aromatic heterocycles. The highest BCUT2D eigenvalue weighted by Crippen LogP contribution is 2.25. The van der Waals surface area contributed by atoms with Crippen molar-refractivity contribution in [1.82, 2.24) is 9.03 Å². The lowest BCUT2D eigenvalue weighted by atomic mass is 9.87. The van der Waals surface area contributed by atoms with Gasteiger partial charge in [-0.3, -0.25) is 4.79 Å². The Morgan fingerprint density at radius 1 is 1.11 bits per heavy atom. The summed E-state index contributed by atoms with van der Waals surface area (Å²) in [6.07, 6.45) is 4.19. The topological polar surface area (TPSA) is 86.7 Å². The molecule has 0 aromatic rings. The Balaban J connectivity index is 1.85. The Labute approximate surface area is 108 Å². The van der Waals surface area contributed by atoms with Gasteiger partial charge in [0.2, 0.25) is 0 Å². The summed E-state index contributed by atoms with van der Waals surface area (Å²) in [6, 6.07) is -0.105. The van der Waals surface area contributed by atoms with Crippen LogP contribution in [0.5, 0.6) is 0 Å². The first kappa shape index (κ1) is 13.8. The standard InChI is InChI=1S/C11H20N2O4S/c14-11(15)9-3-5-10(6-4-9)12-18(16,17)13-7-1-2-8-13/h9-10,12H,1-8H2,(H,14,15). The van der Waals surface area contributed by atoms with Gasteiger partial charge in [0.1, 0.15) is 0 Å². The lowest BCUT2D eigenvalue weighted by Crippen LogP contribution is -2.45. The quantitative estimate of drug-likeness (QED) is 0.785. The number of aliphatic carboxylic acids is 1. The average Bonchev–Trinajstić information content (AvgIpc) is 2.83. The molecule has 1 aliphatic heterocycles. The molecule has 1 saturated heterocycles. The normalized spacial score (nSPS) is 30.4. The van der Waals surface area contributed by atoms with Gasteiger partial charge in [-0.1, -0.05) is 0 Å². The third-order valence-electron chi connectivity index (χ3n) is 3.80. The van der Waals surface area contributed by atoms with Gasteiger partial charge in [0.25, 0.3) is 10.2 Å². The minimum Gasteiger partial charge on any atom is -0.481 e. The molecule has 2 fully saturated rings. The van der Waals surface area contributed by atoms with Crippen LogP contribution in [-0.4, -0.2) is 42.9 Å². The third-order valence-corrected chi connectivity index (χ3v) is 5.47. The molecule has 1 saturated carbocycles. The number of nitrogens with one attached hydrogen (secondary N) is 1. The summed E-state index contributed by atoms with van der Waals surface area (Å²) >= 11 is 0. The van der Waals surface area contributed by atoms with E-state index in [1.54, 1.807) is 0 Å². The fourth-order valence-electron chi connectivity index (χ4n) is 2.67. The molecule has 7 heteroatoms. The second-order valence-electron chi connectivity index (χ2n) is 5.12. The summed E-state index contributed by atoms with van der Waals surface area (Å²) in [5, 5.41) is 8.88. The first-order valence-electron chi connectivity index (χ1n) is 6.49. The number of hydrogen-bond donors (Lipinski definition) is 2. The largest absolute Gasteiger partial charge is 0.481 e. The molecule has 0 unspecified atom stereocenters. The second-order valence-corrected chi connectivity index (χ2v) is 6.82. The smallest absolute Gasteiger partial charge is 0.306 e. The Hall–Kier alpha value is -0.660. The first-order valence-corrected chi connectivity index (χ1v) is 7.93. The van der Waals surface area contributed by atoms with Crippen LogP contribution in [0.4, 0.5) is 0 Å². The SMILES string of the molecule is O=C(O)C1CCC(NS(=O)(=O)N2CCCC2)CC1. The van der Waals surface area contributed by atoms with Gasteiger partial charge in [-0.25, -0.2) is 0 Å². The molecule has 2 N–H and O–H groups in total. The van der Waals surface area contributed by atoms with Gasteiger partial charge in [0, 0.05) is 19.1 Å². The van der Waals surface area contributed by atoms with Crippen LogP contribution in [0, 0.1) is 5.92 Å². The molecule has 1 heterocycles. The lowest BCUT2D eigenvalue weighted by Gasteiger charge is -2.28. The highest BCUT2D eigenvalue weighted by atomic mass is 32.2. The number of rotatable bonds is 4. The molecule has 0 aromatic carbocycles. The molecular weight excluding hydrogens is 256 g/mol. The number of carboxylic acids is 1. The maximum atomic E-state index is 12.0. The van der Waals surface area contributed by atoms with Crippen molar-refractivity contribution in [2.75, 3.05) is 13.1 Å². The zero-order chi connectivity index (χ0) is 13.2. The van der Waals surface area contributed by atoms with Crippen molar-refractivity contribution in [2.45, 2.75) is 44.6 Å². The van der Waals surface area contributed by atoms with Gasteiger partial charge in [-0.05, 0) is 38.5 Å². The molecule has 18 heavy (non-hydrogen) atoms. The molecule has 0 spiro atoms. The zero-order valence-electron chi connectivity index (χ0n) is 10.3. The predicted octanol–water partition coefficient (Wildman–Crippen LogP) is 0.560. The van der Waals surface area contributed by atoms with E-state index in [0.717, 1.165) is 12.8 Å². The fourth-order valence-corrected chi connectivity index (χ4v) is 4.22. The van der Waals surface area contributed by atoms with Crippen LogP contribution >= 0.6 is 0 Å². The molecule has 6 nitrogen and oxygen atoms in total. The van der Waals surface area contributed by atoms with Crippen LogP contribution in [0.1, 0.15) is 38.5 Å². The number of carbonyl (C=O) groups is 1. The molecular formula is C11H20N2O4S. The third kappa shape index (κ3) is 3.21. The Bertz CT molecular complexity index is 395. The first-order chi connectivity index (χ1) is 8.49. The predicted molar refractivity (Wildman–Crippen MR) is 66.2 cm³/mol. The van der Waals surface area contributed by atoms with E-state index >= 15 is 0 Å². The monoisotopic (exact) mass is 276 g/mol. The summed E-state index contributed by atoms with van der Waals surface area (Å²) in [6.45, 7) is 1.19. The van der Waals surface area contributed by atoms with Gasteiger partial charge in [-0.2, -0.15) is 17.4 Å². The molecule has 2 rings (SSSR count). The van der Waals surface area contributed by atoms with Gasteiger partial charge < -0.3 is 5.11 Å². The van der Waals surface area contributed by atoms with Crippen molar-refractivity contribution < 1.29 is 18.3 Å². The number of nitrogens with zero attached hydrogens (tertiary/aromatic N) is 1. The van der Waals surface area contributed by atoms with Crippen molar-refractivity contribution in [3.05, 3.63) is 0 Å². The summed E-state index contributed by atoms with van der Waals surface area (Å²) in [5.41, 5.74) is 0. The van der Waals surface area contributed by atoms with E-state index in [4.69, 9.17) is 5.11 Å². The molecule has 0 atom stereocenters. The van der Waals surface area contributed by atoms with E-state index in [2.05, 4.69) is 4.72 Å². The number of carboxylic acid groups (broad SMARTS) is 1. The minimum atomic E-state index is -3.36. The van der Waals surface area contributed by atoms with E-state index in [1.807, 2.05) is 0 Å². The number of hydrogen-bond acceptors (Lipinski definition) is 3. The molecule has 0 radical (unpaired) electrons. The molecule has 1 aliphatic carbocycles. The van der Waals surface area contributed by atoms with Crippen molar-refractivity contribution >= 4 is 16.2 Å². The molecule has 104 valence electrons. The Morgan fingerprint density at radius 3 is 2.17 bits per heavy atom. The molecule has 0 bridgehead atoms. The van der Waals surface area contributed by atoms with Crippen LogP contribution in [0.2, 0.25) is 0 Å². The van der Waals surface area contributed by atoms with Gasteiger partial charge in [0.15, 0.2) is 0 Å². The van der Waals surface area contributed by atoms with E-state index in [9.17, 15) is 13.2 Å². The van der Waals surface area contributed by atoms with Crippen LogP contribution in [0.3, 0.4) is 0 Å². The fraction of sp³-hybridized carbons (Fsp3) is 0.909. The van der Waals surface area contributed by atoms with Crippen LogP contribution in [0.25, 0.3) is 0 Å². The summed E-state index contributed by atoms with van der Waals surface area (Å²) in [5.74, 6) is -1.08. The van der Waals surface area contributed by atoms with E-state index < -0.39 is 16.2 Å². The second kappa shape index (κ2) is 5.54. The van der Waals surface area contributed by atoms with Gasteiger partial charge in [0.05, 0.1) is 5.92 Å². The lowest BCUT2D eigenvalue weighted by molar-refractivity contribution is -0.142. The maximum absolute atomic E-state index is 12.0. The summed E-state index contributed by atoms with van der Waals surface area (Å²) < 4.78 is 28.2. The van der Waals surface area contributed by atoms with Crippen molar-refractivity contribution in [1.29, 1.82) is 0 Å². The highest BCUT2D eigenvalue weighted by molar-refractivity contribution is 7.87. The van der Waals surface area contributed by atoms with Crippen LogP contribution in [-0.2, 0) is 15.0 Å². The molecule has 0 amide bonds. The van der Waals surface area contributed by atoms with E-state index in [1.165, 1.54) is 4.31 Å². The Kier molecular flexibility index (Phi) is 4.24. The van der Waals surface area contributed by atoms with Crippen LogP contribution in [0.15, 0.2) is 0 Å². The van der Waals surface area contributed by atoms with E-state index in [0.29, 0.717) is 38.8 Å². The Morgan fingerprint density at radius 2 is 1.67 bits per heavy atom. The minimum absolute atomic E-state index is 0.105. The summed E-state index contributed by atoms with van der Waals surface area (Å²) in [7, 11) is -3.36. The highest BCUT2D eigenvalue weighted by Gasteiger charge is 2.31.